The Balaban J connectivity index is 1.74. The Kier molecular flexibility index (Phi) is 5.34. The second-order valence-corrected chi connectivity index (χ2v) is 5.78. The molecule has 1 aromatic heterocycles. The largest absolute Gasteiger partial charge is 0.495 e. The molecule has 0 unspecified atom stereocenters. The summed E-state index contributed by atoms with van der Waals surface area (Å²) in [4.78, 5) is 16.5. The fraction of sp³-hybridized carbons (Fsp3) is 0.0526. The van der Waals surface area contributed by atoms with Gasteiger partial charge in [0.2, 0.25) is 0 Å². The summed E-state index contributed by atoms with van der Waals surface area (Å²) < 4.78 is 18.3. The molecule has 3 aromatic rings. The molecule has 0 saturated carbocycles. The van der Waals surface area contributed by atoms with Gasteiger partial charge in [0.1, 0.15) is 17.3 Å². The molecule has 5 nitrogen and oxygen atoms in total. The summed E-state index contributed by atoms with van der Waals surface area (Å²) in [5.41, 5.74) is 1.91. The number of carbonyl (C=O) groups excluding carboxylic acids is 1. The molecule has 1 heterocycles. The van der Waals surface area contributed by atoms with Crippen LogP contribution in [0.4, 0.5) is 21.5 Å². The number of hydrogen-bond acceptors (Lipinski definition) is 4. The molecule has 7 heteroatoms. The molecule has 2 aromatic carbocycles. The molecule has 0 atom stereocenters. The minimum atomic E-state index is -0.394. The summed E-state index contributed by atoms with van der Waals surface area (Å²) in [6, 6.07) is 14.2. The van der Waals surface area contributed by atoms with Crippen LogP contribution in [-0.2, 0) is 0 Å². The van der Waals surface area contributed by atoms with Crippen LogP contribution in [0, 0.1) is 5.82 Å². The smallest absolute Gasteiger partial charge is 0.274 e. The average molecular weight is 372 g/mol. The monoisotopic (exact) mass is 371 g/mol. The average Bonchev–Trinajstić information content (AvgIpc) is 2.62. The molecule has 3 rings (SSSR count). The van der Waals surface area contributed by atoms with E-state index in [0.29, 0.717) is 27.8 Å². The van der Waals surface area contributed by atoms with Crippen LogP contribution in [0.25, 0.3) is 0 Å². The van der Waals surface area contributed by atoms with Gasteiger partial charge in [-0.2, -0.15) is 0 Å². The Labute approximate surface area is 154 Å². The molecule has 0 fully saturated rings. The molecule has 132 valence electrons. The van der Waals surface area contributed by atoms with Crippen LogP contribution in [0.2, 0.25) is 5.02 Å². The van der Waals surface area contributed by atoms with Gasteiger partial charge in [-0.1, -0.05) is 17.7 Å². The lowest BCUT2D eigenvalue weighted by molar-refractivity contribution is 0.102. The Morgan fingerprint density at radius 1 is 1.08 bits per heavy atom. The van der Waals surface area contributed by atoms with Gasteiger partial charge in [0, 0.05) is 23.3 Å². The maximum atomic E-state index is 13.3. The number of benzene rings is 2. The third-order valence-corrected chi connectivity index (χ3v) is 3.81. The molecule has 26 heavy (non-hydrogen) atoms. The third-order valence-electron chi connectivity index (χ3n) is 3.52. The Morgan fingerprint density at radius 2 is 1.88 bits per heavy atom. The number of nitrogens with one attached hydrogen (secondary N) is 2. The third kappa shape index (κ3) is 4.29. The van der Waals surface area contributed by atoms with E-state index in [-0.39, 0.29) is 11.5 Å². The number of pyridine rings is 1. The standard InChI is InChI=1S/C19H15ClFN3O2/c1-26-18-6-5-14(10-16(18)20)24-19(25)17-11-15(7-8-22-17)23-13-4-2-3-12(21)9-13/h2-11H,1H3,(H,22,23)(H,24,25). The highest BCUT2D eigenvalue weighted by molar-refractivity contribution is 6.32. The SMILES string of the molecule is COc1ccc(NC(=O)c2cc(Nc3cccc(F)c3)ccn2)cc1Cl. The molecule has 0 spiro atoms. The molecule has 2 N–H and O–H groups in total. The number of methoxy groups -OCH3 is 1. The van der Waals surface area contributed by atoms with Crippen molar-refractivity contribution in [1.82, 2.24) is 4.98 Å². The number of aromatic nitrogens is 1. The van der Waals surface area contributed by atoms with E-state index in [1.54, 1.807) is 42.5 Å². The maximum Gasteiger partial charge on any atom is 0.274 e. The molecule has 0 aliphatic carbocycles. The zero-order valence-corrected chi connectivity index (χ0v) is 14.5. The number of carbonyl (C=O) groups is 1. The summed E-state index contributed by atoms with van der Waals surface area (Å²) in [5, 5.41) is 6.14. The molecule has 0 saturated heterocycles. The highest BCUT2D eigenvalue weighted by atomic mass is 35.5. The van der Waals surface area contributed by atoms with Crippen molar-refractivity contribution in [3.63, 3.8) is 0 Å². The highest BCUT2D eigenvalue weighted by Gasteiger charge is 2.10. The van der Waals surface area contributed by atoms with Crippen molar-refractivity contribution < 1.29 is 13.9 Å². The first-order valence-corrected chi connectivity index (χ1v) is 8.06. The van der Waals surface area contributed by atoms with Crippen LogP contribution in [-0.4, -0.2) is 18.0 Å². The number of rotatable bonds is 5. The summed E-state index contributed by atoms with van der Waals surface area (Å²) >= 11 is 6.05. The van der Waals surface area contributed by atoms with Crippen LogP contribution in [0.5, 0.6) is 5.75 Å². The first kappa shape index (κ1) is 17.7. The van der Waals surface area contributed by atoms with Crippen LogP contribution in [0.15, 0.2) is 60.8 Å². The molecular formula is C19H15ClFN3O2. The van der Waals surface area contributed by atoms with Gasteiger partial charge in [0.15, 0.2) is 0 Å². The molecule has 0 aliphatic heterocycles. The van der Waals surface area contributed by atoms with Gasteiger partial charge >= 0.3 is 0 Å². The predicted molar refractivity (Wildman–Crippen MR) is 99.9 cm³/mol. The van der Waals surface area contributed by atoms with E-state index in [0.717, 1.165) is 0 Å². The minimum absolute atomic E-state index is 0.207. The lowest BCUT2D eigenvalue weighted by Gasteiger charge is -2.10. The van der Waals surface area contributed by atoms with E-state index in [1.165, 1.54) is 25.4 Å². The second kappa shape index (κ2) is 7.84. The van der Waals surface area contributed by atoms with Crippen molar-refractivity contribution in [2.45, 2.75) is 0 Å². The summed E-state index contributed by atoms with van der Waals surface area (Å²) in [7, 11) is 1.51. The van der Waals surface area contributed by atoms with E-state index in [2.05, 4.69) is 15.6 Å². The molecular weight excluding hydrogens is 357 g/mol. The van der Waals surface area contributed by atoms with Gasteiger partial charge in [-0.25, -0.2) is 4.39 Å². The number of halogens is 2. The van der Waals surface area contributed by atoms with Crippen LogP contribution in [0.1, 0.15) is 10.5 Å². The van der Waals surface area contributed by atoms with E-state index >= 15 is 0 Å². The van der Waals surface area contributed by atoms with E-state index in [1.807, 2.05) is 0 Å². The molecule has 0 aliphatic rings. The molecule has 1 amide bonds. The fourth-order valence-electron chi connectivity index (χ4n) is 2.30. The lowest BCUT2D eigenvalue weighted by atomic mass is 10.2. The normalized spacial score (nSPS) is 10.3. The van der Waals surface area contributed by atoms with Crippen molar-refractivity contribution in [3.05, 3.63) is 77.3 Å². The highest BCUT2D eigenvalue weighted by Crippen LogP contribution is 2.27. The molecule has 0 radical (unpaired) electrons. The number of anilines is 3. The summed E-state index contributed by atoms with van der Waals surface area (Å²) in [6.45, 7) is 0. The lowest BCUT2D eigenvalue weighted by Crippen LogP contribution is -2.13. The second-order valence-electron chi connectivity index (χ2n) is 5.37. The predicted octanol–water partition coefficient (Wildman–Crippen LogP) is 4.88. The Hall–Kier alpha value is -3.12. The number of ether oxygens (including phenoxy) is 1. The minimum Gasteiger partial charge on any atom is -0.495 e. The van der Waals surface area contributed by atoms with Crippen LogP contribution >= 0.6 is 11.6 Å². The zero-order chi connectivity index (χ0) is 18.5. The van der Waals surface area contributed by atoms with Crippen LogP contribution < -0.4 is 15.4 Å². The molecule has 0 bridgehead atoms. The van der Waals surface area contributed by atoms with E-state index in [4.69, 9.17) is 16.3 Å². The fourth-order valence-corrected chi connectivity index (χ4v) is 2.56. The first-order chi connectivity index (χ1) is 12.5. The van der Waals surface area contributed by atoms with Crippen molar-refractivity contribution in [1.29, 1.82) is 0 Å². The van der Waals surface area contributed by atoms with Crippen molar-refractivity contribution >= 4 is 34.6 Å². The van der Waals surface area contributed by atoms with E-state index in [9.17, 15) is 9.18 Å². The topological polar surface area (TPSA) is 63.2 Å². The van der Waals surface area contributed by atoms with Crippen molar-refractivity contribution in [3.8, 4) is 5.75 Å². The maximum absolute atomic E-state index is 13.3. The van der Waals surface area contributed by atoms with Gasteiger partial charge in [-0.05, 0) is 48.5 Å². The van der Waals surface area contributed by atoms with Gasteiger partial charge in [0.05, 0.1) is 12.1 Å². The van der Waals surface area contributed by atoms with Crippen molar-refractivity contribution in [2.24, 2.45) is 0 Å². The van der Waals surface area contributed by atoms with Gasteiger partial charge in [-0.15, -0.1) is 0 Å². The number of nitrogens with zero attached hydrogens (tertiary/aromatic N) is 1. The first-order valence-electron chi connectivity index (χ1n) is 7.69. The quantitative estimate of drug-likeness (QED) is 0.671. The Bertz CT molecular complexity index is 950. The number of hydrogen-bond donors (Lipinski definition) is 2. The van der Waals surface area contributed by atoms with Gasteiger partial charge in [-0.3, -0.25) is 9.78 Å². The van der Waals surface area contributed by atoms with Crippen molar-refractivity contribution in [2.75, 3.05) is 17.7 Å². The summed E-state index contributed by atoms with van der Waals surface area (Å²) in [6.07, 6.45) is 1.50. The summed E-state index contributed by atoms with van der Waals surface area (Å²) in [5.74, 6) is -0.225. The van der Waals surface area contributed by atoms with E-state index < -0.39 is 5.91 Å². The zero-order valence-electron chi connectivity index (χ0n) is 13.8. The Morgan fingerprint density at radius 3 is 2.62 bits per heavy atom. The number of amides is 1. The van der Waals surface area contributed by atoms with Gasteiger partial charge in [0.25, 0.3) is 5.91 Å². The van der Waals surface area contributed by atoms with Crippen LogP contribution in [0.3, 0.4) is 0 Å². The van der Waals surface area contributed by atoms with Gasteiger partial charge < -0.3 is 15.4 Å².